The van der Waals surface area contributed by atoms with Crippen molar-refractivity contribution in [3.8, 4) is 17.1 Å². The van der Waals surface area contributed by atoms with E-state index >= 15 is 0 Å². The Morgan fingerprint density at radius 3 is 2.46 bits per heavy atom. The van der Waals surface area contributed by atoms with Gasteiger partial charge < -0.3 is 4.74 Å². The lowest BCUT2D eigenvalue weighted by Gasteiger charge is -2.10. The molecule has 0 radical (unpaired) electrons. The number of ether oxygens (including phenoxy) is 1. The zero-order valence-corrected chi connectivity index (χ0v) is 14.8. The quantitative estimate of drug-likeness (QED) is 0.473. The first-order valence-corrected chi connectivity index (χ1v) is 8.98. The Bertz CT molecular complexity index is 769. The lowest BCUT2D eigenvalue weighted by molar-refractivity contribution is 0.200. The molecule has 0 saturated heterocycles. The molecule has 2 aromatic carbocycles. The lowest BCUT2D eigenvalue weighted by atomic mass is 10.2. The van der Waals surface area contributed by atoms with Gasteiger partial charge in [0.05, 0.1) is 0 Å². The van der Waals surface area contributed by atoms with Gasteiger partial charge in [-0.25, -0.2) is 0 Å². The highest BCUT2D eigenvalue weighted by Crippen LogP contribution is 2.28. The van der Waals surface area contributed by atoms with E-state index in [1.807, 2.05) is 18.2 Å². The van der Waals surface area contributed by atoms with Crippen LogP contribution in [-0.4, -0.2) is 34.2 Å². The molecular weight excluding hydrogens is 318 g/mol. The zero-order valence-electron chi connectivity index (χ0n) is 14.0. The van der Waals surface area contributed by atoms with E-state index in [1.54, 1.807) is 18.9 Å². The van der Waals surface area contributed by atoms with Crippen LogP contribution in [0.5, 0.6) is 0 Å². The van der Waals surface area contributed by atoms with Crippen molar-refractivity contribution in [2.24, 2.45) is 0 Å². The number of aromatic nitrogens is 3. The molecule has 24 heavy (non-hydrogen) atoms. The maximum atomic E-state index is 5.13. The average molecular weight is 339 g/mol. The highest BCUT2D eigenvalue weighted by molar-refractivity contribution is 7.99. The molecule has 0 aliphatic carbocycles. The predicted octanol–water partition coefficient (Wildman–Crippen LogP) is 4.37. The normalized spacial score (nSPS) is 10.9. The number of rotatable bonds is 7. The molecule has 0 N–H and O–H groups in total. The van der Waals surface area contributed by atoms with E-state index in [2.05, 4.69) is 58.1 Å². The topological polar surface area (TPSA) is 39.9 Å². The second kappa shape index (κ2) is 8.13. The van der Waals surface area contributed by atoms with Crippen molar-refractivity contribution < 1.29 is 4.74 Å². The van der Waals surface area contributed by atoms with Crippen LogP contribution >= 0.6 is 11.8 Å². The largest absolute Gasteiger partial charge is 0.385 e. The van der Waals surface area contributed by atoms with Crippen molar-refractivity contribution >= 4 is 11.8 Å². The third-order valence-corrected chi connectivity index (χ3v) is 4.70. The van der Waals surface area contributed by atoms with Crippen molar-refractivity contribution in [3.05, 3.63) is 60.2 Å². The second-order valence-electron chi connectivity index (χ2n) is 5.54. The van der Waals surface area contributed by atoms with Gasteiger partial charge in [0.1, 0.15) is 0 Å². The van der Waals surface area contributed by atoms with Crippen molar-refractivity contribution in [1.29, 1.82) is 0 Å². The first-order valence-electron chi connectivity index (χ1n) is 7.99. The molecule has 3 aromatic rings. The van der Waals surface area contributed by atoms with Gasteiger partial charge in [-0.3, -0.25) is 4.57 Å². The Labute approximate surface area is 146 Å². The molecule has 0 unspecified atom stereocenters. The van der Waals surface area contributed by atoms with E-state index in [9.17, 15) is 0 Å². The molecule has 5 heteroatoms. The Balaban J connectivity index is 1.97. The molecule has 0 amide bonds. The number of nitrogens with zero attached hydrogens (tertiary/aromatic N) is 3. The molecule has 1 aromatic heterocycles. The van der Waals surface area contributed by atoms with Gasteiger partial charge in [-0.2, -0.15) is 0 Å². The zero-order chi connectivity index (χ0) is 16.8. The number of hydrogen-bond donors (Lipinski definition) is 0. The molecule has 4 nitrogen and oxygen atoms in total. The van der Waals surface area contributed by atoms with Crippen LogP contribution in [0.4, 0.5) is 0 Å². The minimum atomic E-state index is 0.761. The summed E-state index contributed by atoms with van der Waals surface area (Å²) in [5.41, 5.74) is 3.38. The summed E-state index contributed by atoms with van der Waals surface area (Å²) in [5, 5.41) is 9.78. The highest BCUT2D eigenvalue weighted by atomic mass is 32.2. The van der Waals surface area contributed by atoms with Crippen LogP contribution in [0, 0.1) is 6.92 Å². The minimum Gasteiger partial charge on any atom is -0.385 e. The van der Waals surface area contributed by atoms with Gasteiger partial charge in [0.15, 0.2) is 11.0 Å². The van der Waals surface area contributed by atoms with E-state index in [0.717, 1.165) is 41.0 Å². The van der Waals surface area contributed by atoms with E-state index in [4.69, 9.17) is 4.74 Å². The lowest BCUT2D eigenvalue weighted by Crippen LogP contribution is -2.00. The molecule has 124 valence electrons. The number of benzene rings is 2. The summed E-state index contributed by atoms with van der Waals surface area (Å²) in [6.07, 6.45) is 0.989. The monoisotopic (exact) mass is 339 g/mol. The molecule has 1 heterocycles. The van der Waals surface area contributed by atoms with Crippen molar-refractivity contribution in [3.63, 3.8) is 0 Å². The maximum Gasteiger partial charge on any atom is 0.196 e. The summed E-state index contributed by atoms with van der Waals surface area (Å²) in [4.78, 5) is 0. The van der Waals surface area contributed by atoms with Crippen LogP contribution < -0.4 is 0 Å². The molecule has 0 spiro atoms. The second-order valence-corrected chi connectivity index (χ2v) is 6.60. The molecule has 0 fully saturated rings. The summed E-state index contributed by atoms with van der Waals surface area (Å²) in [6, 6.07) is 18.6. The molecule has 0 aliphatic heterocycles. The third kappa shape index (κ3) is 3.86. The molecule has 0 bridgehead atoms. The minimum absolute atomic E-state index is 0.761. The standard InChI is InChI=1S/C19H21N3OS/c1-15-9-11-17(12-10-15)22-18(16-7-4-3-5-8-16)20-21-19(22)24-14-6-13-23-2/h3-5,7-12H,6,13-14H2,1-2H3. The smallest absolute Gasteiger partial charge is 0.196 e. The van der Waals surface area contributed by atoms with Gasteiger partial charge >= 0.3 is 0 Å². The molecule has 3 rings (SSSR count). The van der Waals surface area contributed by atoms with Gasteiger partial charge in [0, 0.05) is 30.7 Å². The summed E-state index contributed by atoms with van der Waals surface area (Å²) in [7, 11) is 1.73. The Kier molecular flexibility index (Phi) is 5.67. The Morgan fingerprint density at radius 1 is 1.00 bits per heavy atom. The fraction of sp³-hybridized carbons (Fsp3) is 0.263. The van der Waals surface area contributed by atoms with Gasteiger partial charge in [0.2, 0.25) is 0 Å². The SMILES string of the molecule is COCCCSc1nnc(-c2ccccc2)n1-c1ccc(C)cc1. The first-order chi connectivity index (χ1) is 11.8. The number of methoxy groups -OCH3 is 1. The Hall–Kier alpha value is -2.11. The highest BCUT2D eigenvalue weighted by Gasteiger charge is 2.15. The van der Waals surface area contributed by atoms with Crippen LogP contribution in [-0.2, 0) is 4.74 Å². The first kappa shape index (κ1) is 16.7. The van der Waals surface area contributed by atoms with Gasteiger partial charge in [0.25, 0.3) is 0 Å². The number of thioether (sulfide) groups is 1. The van der Waals surface area contributed by atoms with Crippen LogP contribution in [0.3, 0.4) is 0 Å². The fourth-order valence-electron chi connectivity index (χ4n) is 2.43. The van der Waals surface area contributed by atoms with Gasteiger partial charge in [-0.1, -0.05) is 59.8 Å². The average Bonchev–Trinajstić information content (AvgIpc) is 3.04. The van der Waals surface area contributed by atoms with Gasteiger partial charge in [-0.15, -0.1) is 10.2 Å². The third-order valence-electron chi connectivity index (χ3n) is 3.68. The Morgan fingerprint density at radius 2 is 1.75 bits per heavy atom. The van der Waals surface area contributed by atoms with Gasteiger partial charge in [-0.05, 0) is 25.5 Å². The van der Waals surface area contributed by atoms with Crippen LogP contribution in [0.25, 0.3) is 17.1 Å². The van der Waals surface area contributed by atoms with Crippen molar-refractivity contribution in [2.45, 2.75) is 18.5 Å². The summed E-state index contributed by atoms with van der Waals surface area (Å²) in [6.45, 7) is 2.85. The van der Waals surface area contributed by atoms with E-state index in [0.29, 0.717) is 0 Å². The number of hydrogen-bond acceptors (Lipinski definition) is 4. The van der Waals surface area contributed by atoms with Crippen LogP contribution in [0.15, 0.2) is 59.8 Å². The van der Waals surface area contributed by atoms with Crippen LogP contribution in [0.2, 0.25) is 0 Å². The fourth-order valence-corrected chi connectivity index (χ4v) is 3.30. The maximum absolute atomic E-state index is 5.13. The van der Waals surface area contributed by atoms with E-state index < -0.39 is 0 Å². The summed E-state index contributed by atoms with van der Waals surface area (Å²) in [5.74, 6) is 1.82. The predicted molar refractivity (Wildman–Crippen MR) is 98.7 cm³/mol. The molecule has 0 aliphatic rings. The van der Waals surface area contributed by atoms with Crippen LogP contribution in [0.1, 0.15) is 12.0 Å². The van der Waals surface area contributed by atoms with Crippen molar-refractivity contribution in [1.82, 2.24) is 14.8 Å². The van der Waals surface area contributed by atoms with E-state index in [1.165, 1.54) is 5.56 Å². The molecule has 0 atom stereocenters. The number of aryl methyl sites for hydroxylation is 1. The molecular formula is C19H21N3OS. The molecule has 0 saturated carbocycles. The van der Waals surface area contributed by atoms with E-state index in [-0.39, 0.29) is 0 Å². The summed E-state index contributed by atoms with van der Waals surface area (Å²) < 4.78 is 7.26. The summed E-state index contributed by atoms with van der Waals surface area (Å²) >= 11 is 1.71. The van der Waals surface area contributed by atoms with Crippen molar-refractivity contribution in [2.75, 3.05) is 19.5 Å².